The van der Waals surface area contributed by atoms with Crippen molar-refractivity contribution in [1.82, 2.24) is 40.3 Å². The summed E-state index contributed by atoms with van der Waals surface area (Å²) in [6.07, 6.45) is 11.2. The average Bonchev–Trinajstić information content (AvgIpc) is 3.54. The molecule has 0 aliphatic heterocycles. The third-order valence-corrected chi connectivity index (χ3v) is 6.12. The minimum absolute atomic E-state index is 0.723. The molecule has 190 valence electrons. The monoisotopic (exact) mass is 502 g/mol. The largest absolute Gasteiger partial charge is 0.358 e. The smallest absolute Gasteiger partial charge is 0.116 e. The molecule has 5 aromatic heterocycles. The fourth-order valence-corrected chi connectivity index (χ4v) is 4.41. The van der Waals surface area contributed by atoms with Gasteiger partial charge in [0.25, 0.3) is 0 Å². The van der Waals surface area contributed by atoms with Crippen molar-refractivity contribution in [2.24, 2.45) is 0 Å². The van der Waals surface area contributed by atoms with E-state index in [0.717, 1.165) is 73.8 Å². The molecule has 5 heterocycles. The van der Waals surface area contributed by atoms with Crippen molar-refractivity contribution in [3.05, 3.63) is 103 Å². The predicted molar refractivity (Wildman–Crippen MR) is 155 cm³/mol. The Labute approximate surface area is 221 Å². The molecule has 0 saturated carbocycles. The number of hydrogen-bond acceptors (Lipinski definition) is 6. The van der Waals surface area contributed by atoms with Gasteiger partial charge in [-0.15, -0.1) is 0 Å². The van der Waals surface area contributed by atoms with Gasteiger partial charge < -0.3 is 15.2 Å². The molecule has 5 rings (SSSR count). The van der Waals surface area contributed by atoms with E-state index >= 15 is 0 Å². The van der Waals surface area contributed by atoms with E-state index in [0.29, 0.717) is 0 Å². The van der Waals surface area contributed by atoms with Crippen LogP contribution < -0.4 is 5.32 Å². The van der Waals surface area contributed by atoms with Crippen LogP contribution in [0.2, 0.25) is 0 Å². The molecule has 5 aromatic rings. The van der Waals surface area contributed by atoms with Gasteiger partial charge in [0.05, 0.1) is 34.5 Å². The van der Waals surface area contributed by atoms with Crippen molar-refractivity contribution in [3.63, 3.8) is 0 Å². The number of nitrogens with one attached hydrogen (secondary N) is 3. The van der Waals surface area contributed by atoms with E-state index in [1.807, 2.05) is 63.6 Å². The summed E-state index contributed by atoms with van der Waals surface area (Å²) < 4.78 is 0. The van der Waals surface area contributed by atoms with E-state index in [9.17, 15) is 0 Å². The minimum atomic E-state index is 0.723. The molecule has 8 heteroatoms. The second-order valence-corrected chi connectivity index (χ2v) is 9.22. The van der Waals surface area contributed by atoms with Crippen LogP contribution in [0.1, 0.15) is 12.6 Å². The number of allylic oxidation sites excluding steroid dienone is 4. The number of aromatic amines is 2. The SMILES string of the molecule is C=C/C(=C\C(=C/C)c1cc2c(-c3cc4c(-c5ccccn5)nccc4[nH]3)n[nH]c2cn1)NC(=C)CN(C)C. The van der Waals surface area contributed by atoms with Crippen LogP contribution in [0, 0.1) is 0 Å². The van der Waals surface area contributed by atoms with Crippen molar-refractivity contribution < 1.29 is 0 Å². The molecular weight excluding hydrogens is 472 g/mol. The first kappa shape index (κ1) is 24.9. The topological polar surface area (TPSA) is 98.4 Å². The van der Waals surface area contributed by atoms with Crippen LogP contribution in [0.3, 0.4) is 0 Å². The molecule has 0 atom stereocenters. The highest BCUT2D eigenvalue weighted by Crippen LogP contribution is 2.33. The van der Waals surface area contributed by atoms with Crippen molar-refractivity contribution in [3.8, 4) is 22.8 Å². The van der Waals surface area contributed by atoms with Gasteiger partial charge in [0.15, 0.2) is 0 Å². The minimum Gasteiger partial charge on any atom is -0.358 e. The van der Waals surface area contributed by atoms with Gasteiger partial charge in [-0.3, -0.25) is 20.1 Å². The molecule has 0 aliphatic carbocycles. The highest BCUT2D eigenvalue weighted by atomic mass is 15.1. The predicted octanol–water partition coefficient (Wildman–Crippen LogP) is 5.70. The lowest BCUT2D eigenvalue weighted by Crippen LogP contribution is -2.23. The number of nitrogens with zero attached hydrogens (tertiary/aromatic N) is 5. The normalized spacial score (nSPS) is 12.4. The fraction of sp³-hybridized carbons (Fsp3) is 0.133. The van der Waals surface area contributed by atoms with Crippen LogP contribution >= 0.6 is 0 Å². The van der Waals surface area contributed by atoms with Crippen LogP contribution in [0.4, 0.5) is 0 Å². The Morgan fingerprint density at radius 1 is 1.03 bits per heavy atom. The fourth-order valence-electron chi connectivity index (χ4n) is 4.41. The summed E-state index contributed by atoms with van der Waals surface area (Å²) in [4.78, 5) is 19.3. The molecule has 0 aliphatic rings. The zero-order valence-electron chi connectivity index (χ0n) is 21.8. The first-order valence-corrected chi connectivity index (χ1v) is 12.3. The van der Waals surface area contributed by atoms with Gasteiger partial charge in [0.2, 0.25) is 0 Å². The Balaban J connectivity index is 1.53. The van der Waals surface area contributed by atoms with Crippen LogP contribution in [0.15, 0.2) is 97.8 Å². The zero-order valence-corrected chi connectivity index (χ0v) is 21.8. The van der Waals surface area contributed by atoms with Gasteiger partial charge in [-0.2, -0.15) is 5.10 Å². The van der Waals surface area contributed by atoms with Gasteiger partial charge >= 0.3 is 0 Å². The quantitative estimate of drug-likeness (QED) is 0.224. The van der Waals surface area contributed by atoms with Crippen LogP contribution in [0.5, 0.6) is 0 Å². The first-order chi connectivity index (χ1) is 18.5. The first-order valence-electron chi connectivity index (χ1n) is 12.3. The summed E-state index contributed by atoms with van der Waals surface area (Å²) in [5.41, 5.74) is 8.70. The molecule has 0 amide bonds. The number of hydrogen-bond donors (Lipinski definition) is 3. The number of rotatable bonds is 9. The molecule has 0 unspecified atom stereocenters. The Morgan fingerprint density at radius 3 is 2.61 bits per heavy atom. The summed E-state index contributed by atoms with van der Waals surface area (Å²) >= 11 is 0. The maximum Gasteiger partial charge on any atom is 0.116 e. The molecular formula is C30H30N8. The number of likely N-dealkylation sites (N-methyl/N-ethyl adjacent to an activating group) is 1. The summed E-state index contributed by atoms with van der Waals surface area (Å²) in [5.74, 6) is 0. The molecule has 0 spiro atoms. The van der Waals surface area contributed by atoms with Gasteiger partial charge in [-0.05, 0) is 69.1 Å². The molecule has 38 heavy (non-hydrogen) atoms. The van der Waals surface area contributed by atoms with Crippen molar-refractivity contribution in [2.45, 2.75) is 6.92 Å². The maximum atomic E-state index is 4.69. The lowest BCUT2D eigenvalue weighted by Gasteiger charge is -2.15. The van der Waals surface area contributed by atoms with E-state index in [1.54, 1.807) is 18.5 Å². The Hall–Kier alpha value is -4.82. The Bertz CT molecular complexity index is 1690. The summed E-state index contributed by atoms with van der Waals surface area (Å²) in [5, 5.41) is 13.0. The van der Waals surface area contributed by atoms with Crippen LogP contribution in [0.25, 0.3) is 50.2 Å². The number of H-pyrrole nitrogens is 2. The van der Waals surface area contributed by atoms with E-state index in [-0.39, 0.29) is 0 Å². The third kappa shape index (κ3) is 5.02. The van der Waals surface area contributed by atoms with Gasteiger partial charge in [0, 0.05) is 46.6 Å². The lowest BCUT2D eigenvalue weighted by atomic mass is 10.1. The average molecular weight is 503 g/mol. The maximum absolute atomic E-state index is 4.69. The molecule has 0 aromatic carbocycles. The van der Waals surface area contributed by atoms with Crippen LogP contribution in [-0.2, 0) is 0 Å². The summed E-state index contributed by atoms with van der Waals surface area (Å²) in [6, 6.07) is 11.9. The highest BCUT2D eigenvalue weighted by molar-refractivity contribution is 6.00. The zero-order chi connectivity index (χ0) is 26.6. The number of fused-ring (bicyclic) bond motifs is 2. The molecule has 0 radical (unpaired) electrons. The van der Waals surface area contributed by atoms with E-state index < -0.39 is 0 Å². The van der Waals surface area contributed by atoms with Crippen molar-refractivity contribution in [2.75, 3.05) is 20.6 Å². The van der Waals surface area contributed by atoms with Crippen molar-refractivity contribution >= 4 is 27.4 Å². The van der Waals surface area contributed by atoms with Crippen molar-refractivity contribution in [1.29, 1.82) is 0 Å². The van der Waals surface area contributed by atoms with E-state index in [4.69, 9.17) is 4.98 Å². The van der Waals surface area contributed by atoms with E-state index in [1.165, 1.54) is 0 Å². The lowest BCUT2D eigenvalue weighted by molar-refractivity contribution is 0.438. The molecule has 8 nitrogen and oxygen atoms in total. The van der Waals surface area contributed by atoms with E-state index in [2.05, 4.69) is 60.7 Å². The molecule has 0 saturated heterocycles. The van der Waals surface area contributed by atoms with Gasteiger partial charge in [0.1, 0.15) is 5.69 Å². The third-order valence-electron chi connectivity index (χ3n) is 6.12. The summed E-state index contributed by atoms with van der Waals surface area (Å²) in [6.45, 7) is 10.8. The highest BCUT2D eigenvalue weighted by Gasteiger charge is 2.16. The Kier molecular flexibility index (Phi) is 6.97. The molecule has 3 N–H and O–H groups in total. The second kappa shape index (κ2) is 10.7. The van der Waals surface area contributed by atoms with Crippen LogP contribution in [-0.4, -0.2) is 55.7 Å². The van der Waals surface area contributed by atoms with Gasteiger partial charge in [-0.25, -0.2) is 0 Å². The number of aromatic nitrogens is 6. The molecule has 0 fully saturated rings. The Morgan fingerprint density at radius 2 is 1.87 bits per heavy atom. The second-order valence-electron chi connectivity index (χ2n) is 9.22. The summed E-state index contributed by atoms with van der Waals surface area (Å²) in [7, 11) is 4.01. The standard InChI is InChI=1S/C30H30N8/c1-6-20(14-21(7-2)34-19(3)18-38(4)5)26-15-23-28(17-33-26)36-37-30(23)27-16-22-24(35-27)11-13-32-29(22)25-10-8-9-12-31-25/h6-17,34-35H,2-3,18H2,1,4-5H3,(H,36,37)/b20-6+,21-14+. The van der Waals surface area contributed by atoms with Gasteiger partial charge in [-0.1, -0.05) is 25.3 Å². The number of pyridine rings is 3. The molecule has 0 bridgehead atoms.